The molecule has 2 aliphatic heterocycles. The van der Waals surface area contributed by atoms with E-state index in [2.05, 4.69) is 24.1 Å². The second-order valence-electron chi connectivity index (χ2n) is 8.36. The number of amides is 1. The molecule has 2 aromatic carbocycles. The van der Waals surface area contributed by atoms with Crippen LogP contribution in [0.25, 0.3) is 0 Å². The van der Waals surface area contributed by atoms with Crippen molar-refractivity contribution in [2.45, 2.75) is 26.0 Å². The lowest BCUT2D eigenvalue weighted by molar-refractivity contribution is 0.0106. The number of hydrogen-bond donors (Lipinski definition) is 0. The maximum Gasteiger partial charge on any atom is 0.257 e. The van der Waals surface area contributed by atoms with Crippen LogP contribution in [0.1, 0.15) is 29.3 Å². The number of likely N-dealkylation sites (N-methyl/N-ethyl adjacent to an activating group) is 1. The van der Waals surface area contributed by atoms with E-state index >= 15 is 0 Å². The van der Waals surface area contributed by atoms with Crippen LogP contribution >= 0.6 is 0 Å². The summed E-state index contributed by atoms with van der Waals surface area (Å²) in [6.07, 6.45) is 1.08. The Morgan fingerprint density at radius 2 is 1.79 bits per heavy atom. The molecule has 2 aliphatic rings. The minimum Gasteiger partial charge on any atom is -0.493 e. The van der Waals surface area contributed by atoms with Crippen LogP contribution in [0.5, 0.6) is 5.75 Å². The molecule has 0 bridgehead atoms. The van der Waals surface area contributed by atoms with Crippen molar-refractivity contribution in [2.24, 2.45) is 5.41 Å². The van der Waals surface area contributed by atoms with Gasteiger partial charge in [0.15, 0.2) is 0 Å². The largest absolute Gasteiger partial charge is 0.493 e. The lowest BCUT2D eigenvalue weighted by Crippen LogP contribution is -2.59. The molecule has 0 aliphatic carbocycles. The smallest absolute Gasteiger partial charge is 0.257 e. The molecule has 0 saturated carbocycles. The van der Waals surface area contributed by atoms with Gasteiger partial charge in [-0.3, -0.25) is 4.79 Å². The quantitative estimate of drug-likeness (QED) is 0.721. The first-order valence-electron chi connectivity index (χ1n) is 10.4. The number of carbonyl (C=O) groups excluding carboxylic acids is 1. The van der Waals surface area contributed by atoms with Crippen LogP contribution in [0, 0.1) is 5.41 Å². The van der Waals surface area contributed by atoms with E-state index < -0.39 is 0 Å². The molecule has 2 aromatic rings. The standard InChI is InChI=1S/C24H30N2O3/c1-3-29-22-12-8-7-11-21(22)23(27)26-17-24(18-26)13-20(25(2)16-24)15-28-14-19-9-5-4-6-10-19/h4-12,20H,3,13-18H2,1-2H3. The Hall–Kier alpha value is -2.37. The molecule has 154 valence electrons. The second-order valence-corrected chi connectivity index (χ2v) is 8.36. The van der Waals surface area contributed by atoms with Crippen molar-refractivity contribution in [3.8, 4) is 5.75 Å². The number of para-hydroxylation sites is 1. The second kappa shape index (κ2) is 8.56. The summed E-state index contributed by atoms with van der Waals surface area (Å²) in [4.78, 5) is 17.3. The fraction of sp³-hybridized carbons (Fsp3) is 0.458. The van der Waals surface area contributed by atoms with Gasteiger partial charge in [0.05, 0.1) is 25.4 Å². The lowest BCUT2D eigenvalue weighted by Gasteiger charge is -2.48. The third kappa shape index (κ3) is 4.31. The predicted octanol–water partition coefficient (Wildman–Crippen LogP) is 3.45. The van der Waals surface area contributed by atoms with Crippen LogP contribution in [0.3, 0.4) is 0 Å². The summed E-state index contributed by atoms with van der Waals surface area (Å²) in [6, 6.07) is 18.2. The van der Waals surface area contributed by atoms with E-state index in [-0.39, 0.29) is 11.3 Å². The summed E-state index contributed by atoms with van der Waals surface area (Å²) < 4.78 is 11.6. The number of benzene rings is 2. The lowest BCUT2D eigenvalue weighted by atomic mass is 9.77. The molecule has 0 N–H and O–H groups in total. The highest BCUT2D eigenvalue weighted by atomic mass is 16.5. The molecule has 5 nitrogen and oxygen atoms in total. The van der Waals surface area contributed by atoms with Gasteiger partial charge in [-0.05, 0) is 38.1 Å². The van der Waals surface area contributed by atoms with Crippen molar-refractivity contribution in [3.05, 3.63) is 65.7 Å². The highest BCUT2D eigenvalue weighted by Gasteiger charge is 2.52. The van der Waals surface area contributed by atoms with E-state index in [1.54, 1.807) is 0 Å². The zero-order valence-corrected chi connectivity index (χ0v) is 17.3. The predicted molar refractivity (Wildman–Crippen MR) is 113 cm³/mol. The van der Waals surface area contributed by atoms with Crippen LogP contribution < -0.4 is 4.74 Å². The molecule has 1 atom stereocenters. The highest BCUT2D eigenvalue weighted by molar-refractivity contribution is 5.97. The average Bonchev–Trinajstić information content (AvgIpc) is 3.05. The Morgan fingerprint density at radius 1 is 1.07 bits per heavy atom. The third-order valence-corrected chi connectivity index (χ3v) is 6.06. The number of hydrogen-bond acceptors (Lipinski definition) is 4. The molecule has 2 fully saturated rings. The molecular weight excluding hydrogens is 364 g/mol. The van der Waals surface area contributed by atoms with Gasteiger partial charge in [-0.25, -0.2) is 0 Å². The molecule has 0 radical (unpaired) electrons. The van der Waals surface area contributed by atoms with Crippen LogP contribution in [0.15, 0.2) is 54.6 Å². The normalized spacial score (nSPS) is 20.6. The van der Waals surface area contributed by atoms with Gasteiger partial charge in [-0.15, -0.1) is 0 Å². The Morgan fingerprint density at radius 3 is 2.55 bits per heavy atom. The van der Waals surface area contributed by atoms with Gasteiger partial charge < -0.3 is 19.3 Å². The van der Waals surface area contributed by atoms with E-state index in [0.717, 1.165) is 32.7 Å². The number of ether oxygens (including phenoxy) is 2. The van der Waals surface area contributed by atoms with Gasteiger partial charge in [-0.1, -0.05) is 42.5 Å². The summed E-state index contributed by atoms with van der Waals surface area (Å²) in [5.74, 6) is 0.753. The van der Waals surface area contributed by atoms with Crippen LogP contribution in [0.2, 0.25) is 0 Å². The van der Waals surface area contributed by atoms with Crippen molar-refractivity contribution in [3.63, 3.8) is 0 Å². The van der Waals surface area contributed by atoms with E-state index in [0.29, 0.717) is 30.6 Å². The summed E-state index contributed by atoms with van der Waals surface area (Å²) in [6.45, 7) is 6.52. The van der Waals surface area contributed by atoms with Gasteiger partial charge in [0.1, 0.15) is 5.75 Å². The maximum absolute atomic E-state index is 13.0. The average molecular weight is 395 g/mol. The zero-order chi connectivity index (χ0) is 20.3. The molecule has 1 spiro atoms. The fourth-order valence-corrected chi connectivity index (χ4v) is 4.68. The summed E-state index contributed by atoms with van der Waals surface area (Å²) in [7, 11) is 2.17. The first-order chi connectivity index (χ1) is 14.1. The number of carbonyl (C=O) groups is 1. The van der Waals surface area contributed by atoms with Crippen molar-refractivity contribution >= 4 is 5.91 Å². The first kappa shape index (κ1) is 19.9. The van der Waals surface area contributed by atoms with Crippen molar-refractivity contribution in [1.82, 2.24) is 9.80 Å². The van der Waals surface area contributed by atoms with E-state index in [1.807, 2.05) is 54.3 Å². The Bertz CT molecular complexity index is 833. The number of nitrogens with zero attached hydrogens (tertiary/aromatic N) is 2. The molecular formula is C24H30N2O3. The van der Waals surface area contributed by atoms with Crippen molar-refractivity contribution < 1.29 is 14.3 Å². The van der Waals surface area contributed by atoms with Crippen LogP contribution in [-0.2, 0) is 11.3 Å². The van der Waals surface area contributed by atoms with E-state index in [1.165, 1.54) is 5.56 Å². The zero-order valence-electron chi connectivity index (χ0n) is 17.3. The fourth-order valence-electron chi connectivity index (χ4n) is 4.68. The molecule has 2 heterocycles. The Balaban J connectivity index is 1.30. The maximum atomic E-state index is 13.0. The minimum atomic E-state index is 0.0751. The van der Waals surface area contributed by atoms with E-state index in [4.69, 9.17) is 9.47 Å². The van der Waals surface area contributed by atoms with Gasteiger partial charge in [-0.2, -0.15) is 0 Å². The molecule has 1 unspecified atom stereocenters. The van der Waals surface area contributed by atoms with Crippen LogP contribution in [0.4, 0.5) is 0 Å². The van der Waals surface area contributed by atoms with Gasteiger partial charge >= 0.3 is 0 Å². The van der Waals surface area contributed by atoms with Crippen molar-refractivity contribution in [1.29, 1.82) is 0 Å². The Labute approximate surface area is 173 Å². The number of rotatable bonds is 7. The molecule has 1 amide bonds. The van der Waals surface area contributed by atoms with E-state index in [9.17, 15) is 4.79 Å². The first-order valence-corrected chi connectivity index (χ1v) is 10.4. The summed E-state index contributed by atoms with van der Waals surface area (Å²) in [5, 5.41) is 0. The minimum absolute atomic E-state index is 0.0751. The molecule has 2 saturated heterocycles. The van der Waals surface area contributed by atoms with Crippen LogP contribution in [-0.4, -0.2) is 61.6 Å². The highest BCUT2D eigenvalue weighted by Crippen LogP contribution is 2.43. The Kier molecular flexibility index (Phi) is 5.88. The molecule has 4 rings (SSSR count). The number of likely N-dealkylation sites (tertiary alicyclic amines) is 2. The molecule has 0 aromatic heterocycles. The van der Waals surface area contributed by atoms with Gasteiger partial charge in [0.25, 0.3) is 5.91 Å². The van der Waals surface area contributed by atoms with Gasteiger partial charge in [0.2, 0.25) is 0 Å². The monoisotopic (exact) mass is 394 g/mol. The molecule has 5 heteroatoms. The topological polar surface area (TPSA) is 42.0 Å². The summed E-state index contributed by atoms with van der Waals surface area (Å²) in [5.41, 5.74) is 2.07. The third-order valence-electron chi connectivity index (χ3n) is 6.06. The molecule has 29 heavy (non-hydrogen) atoms. The van der Waals surface area contributed by atoms with Gasteiger partial charge in [0, 0.05) is 31.1 Å². The SMILES string of the molecule is CCOc1ccccc1C(=O)N1CC2(CC(COCc3ccccc3)N(C)C2)C1. The van der Waals surface area contributed by atoms with Crippen molar-refractivity contribution in [2.75, 3.05) is 39.9 Å². The summed E-state index contributed by atoms with van der Waals surface area (Å²) >= 11 is 0.